The van der Waals surface area contributed by atoms with Gasteiger partial charge in [0.05, 0.1) is 11.4 Å². The van der Waals surface area contributed by atoms with Crippen molar-refractivity contribution in [3.63, 3.8) is 0 Å². The predicted molar refractivity (Wildman–Crippen MR) is 71.7 cm³/mol. The molecule has 0 amide bonds. The maximum atomic E-state index is 13.4. The molecule has 0 atom stereocenters. The summed E-state index contributed by atoms with van der Waals surface area (Å²) in [5, 5.41) is 0. The average molecular weight is 298 g/mol. The summed E-state index contributed by atoms with van der Waals surface area (Å²) in [6, 6.07) is 7.83. The molecule has 7 heteroatoms. The Labute approximate surface area is 115 Å². The third-order valence-electron chi connectivity index (χ3n) is 2.55. The summed E-state index contributed by atoms with van der Waals surface area (Å²) in [5.41, 5.74) is 0.352. The predicted octanol–water partition coefficient (Wildman–Crippen LogP) is 2.34. The number of halogens is 2. The number of nitrogens with zero attached hydrogens (tertiary/aromatic N) is 1. The van der Waals surface area contributed by atoms with Crippen molar-refractivity contribution in [3.8, 4) is 0 Å². The first kappa shape index (κ1) is 14.4. The summed E-state index contributed by atoms with van der Waals surface area (Å²) in [6.07, 6.45) is 1.77. The molecule has 1 heterocycles. The third-order valence-corrected chi connectivity index (χ3v) is 3.82. The number of nitrogens with one attached hydrogen (secondary N) is 1. The normalized spacial score (nSPS) is 11.3. The Morgan fingerprint density at radius 3 is 2.60 bits per heavy atom. The Bertz CT molecular complexity index is 691. The van der Waals surface area contributed by atoms with E-state index in [9.17, 15) is 17.2 Å². The lowest BCUT2D eigenvalue weighted by Crippen LogP contribution is -2.19. The van der Waals surface area contributed by atoms with E-state index >= 15 is 0 Å². The van der Waals surface area contributed by atoms with Crippen molar-refractivity contribution in [1.82, 2.24) is 4.98 Å². The van der Waals surface area contributed by atoms with Crippen LogP contribution in [0.15, 0.2) is 42.6 Å². The number of pyridine rings is 1. The molecule has 1 N–H and O–H groups in total. The molecule has 20 heavy (non-hydrogen) atoms. The lowest BCUT2D eigenvalue weighted by Gasteiger charge is -2.08. The van der Waals surface area contributed by atoms with Crippen LogP contribution in [0.2, 0.25) is 0 Å². The summed E-state index contributed by atoms with van der Waals surface area (Å²) < 4.78 is 51.8. The first-order valence-electron chi connectivity index (χ1n) is 5.82. The summed E-state index contributed by atoms with van der Waals surface area (Å²) in [4.78, 5) is 4.00. The fraction of sp³-hybridized carbons (Fsp3) is 0.154. The second kappa shape index (κ2) is 5.96. The molecule has 1 aromatic carbocycles. The Morgan fingerprint density at radius 2 is 1.95 bits per heavy atom. The molecule has 0 aliphatic carbocycles. The van der Waals surface area contributed by atoms with Crippen LogP contribution < -0.4 is 4.72 Å². The van der Waals surface area contributed by atoms with Gasteiger partial charge in [0.15, 0.2) is 0 Å². The molecule has 4 nitrogen and oxygen atoms in total. The van der Waals surface area contributed by atoms with E-state index in [-0.39, 0.29) is 17.9 Å². The smallest absolute Gasteiger partial charge is 0.233 e. The highest BCUT2D eigenvalue weighted by Crippen LogP contribution is 2.16. The van der Waals surface area contributed by atoms with Gasteiger partial charge in [-0.2, -0.15) is 0 Å². The number of hydrogen-bond donors (Lipinski definition) is 1. The van der Waals surface area contributed by atoms with Crippen molar-refractivity contribution >= 4 is 15.7 Å². The molecule has 0 bridgehead atoms. The SMILES string of the molecule is O=S(=O)(CCc1ccccn1)Nc1ccc(F)cc1F. The molecule has 0 fully saturated rings. The van der Waals surface area contributed by atoms with Crippen LogP contribution in [0.1, 0.15) is 5.69 Å². The second-order valence-electron chi connectivity index (χ2n) is 4.12. The van der Waals surface area contributed by atoms with E-state index in [4.69, 9.17) is 0 Å². The largest absolute Gasteiger partial charge is 0.281 e. The van der Waals surface area contributed by atoms with Gasteiger partial charge in [0, 0.05) is 24.4 Å². The van der Waals surface area contributed by atoms with Crippen LogP contribution in [0.3, 0.4) is 0 Å². The number of hydrogen-bond acceptors (Lipinski definition) is 3. The Hall–Kier alpha value is -2.02. The zero-order valence-corrected chi connectivity index (χ0v) is 11.2. The van der Waals surface area contributed by atoms with Gasteiger partial charge in [-0.05, 0) is 24.3 Å². The molecule has 0 saturated carbocycles. The fourth-order valence-electron chi connectivity index (χ4n) is 1.58. The minimum Gasteiger partial charge on any atom is -0.281 e. The molecule has 0 saturated heterocycles. The van der Waals surface area contributed by atoms with Crippen molar-refractivity contribution in [2.45, 2.75) is 6.42 Å². The maximum absolute atomic E-state index is 13.4. The Kier molecular flexibility index (Phi) is 4.29. The molecule has 0 spiro atoms. The average Bonchev–Trinajstić information content (AvgIpc) is 2.41. The lowest BCUT2D eigenvalue weighted by atomic mass is 10.3. The third kappa shape index (κ3) is 3.99. The number of anilines is 1. The Morgan fingerprint density at radius 1 is 1.15 bits per heavy atom. The topological polar surface area (TPSA) is 59.1 Å². The van der Waals surface area contributed by atoms with Gasteiger partial charge in [0.2, 0.25) is 10.0 Å². The standard InChI is InChI=1S/C13H12F2N2O2S/c14-10-4-5-13(12(15)9-10)17-20(18,19)8-6-11-3-1-2-7-16-11/h1-5,7,9,17H,6,8H2. The van der Waals surface area contributed by atoms with Gasteiger partial charge in [-0.15, -0.1) is 0 Å². The summed E-state index contributed by atoms with van der Waals surface area (Å²) in [5.74, 6) is -1.95. The number of sulfonamides is 1. The van der Waals surface area contributed by atoms with Crippen molar-refractivity contribution in [2.75, 3.05) is 10.5 Å². The summed E-state index contributed by atoms with van der Waals surface area (Å²) in [6.45, 7) is 0. The summed E-state index contributed by atoms with van der Waals surface area (Å²) >= 11 is 0. The van der Waals surface area contributed by atoms with Crippen LogP contribution in [0.5, 0.6) is 0 Å². The highest BCUT2D eigenvalue weighted by molar-refractivity contribution is 7.92. The number of aryl methyl sites for hydroxylation is 1. The van der Waals surface area contributed by atoms with Crippen LogP contribution in [-0.2, 0) is 16.4 Å². The van der Waals surface area contributed by atoms with Crippen LogP contribution in [0, 0.1) is 11.6 Å². The molecule has 0 aliphatic rings. The fourth-order valence-corrected chi connectivity index (χ4v) is 2.66. The van der Waals surface area contributed by atoms with E-state index in [2.05, 4.69) is 9.71 Å². The molecule has 2 aromatic rings. The Balaban J connectivity index is 2.04. The van der Waals surface area contributed by atoms with Gasteiger partial charge in [-0.3, -0.25) is 9.71 Å². The van der Waals surface area contributed by atoms with Crippen molar-refractivity contribution < 1.29 is 17.2 Å². The molecule has 2 rings (SSSR count). The van der Waals surface area contributed by atoms with E-state index in [1.165, 1.54) is 0 Å². The number of aromatic nitrogens is 1. The van der Waals surface area contributed by atoms with Crippen LogP contribution in [0.4, 0.5) is 14.5 Å². The zero-order chi connectivity index (χ0) is 14.6. The summed E-state index contributed by atoms with van der Waals surface area (Å²) in [7, 11) is -3.72. The van der Waals surface area contributed by atoms with E-state index in [0.29, 0.717) is 11.8 Å². The highest BCUT2D eigenvalue weighted by Gasteiger charge is 2.14. The van der Waals surface area contributed by atoms with Crippen LogP contribution in [-0.4, -0.2) is 19.2 Å². The van der Waals surface area contributed by atoms with E-state index in [1.807, 2.05) is 0 Å². The minimum absolute atomic E-state index is 0.207. The molecular weight excluding hydrogens is 286 g/mol. The van der Waals surface area contributed by atoms with Gasteiger partial charge in [0.1, 0.15) is 11.6 Å². The lowest BCUT2D eigenvalue weighted by molar-refractivity contribution is 0.582. The second-order valence-corrected chi connectivity index (χ2v) is 5.96. The number of rotatable bonds is 5. The maximum Gasteiger partial charge on any atom is 0.233 e. The van der Waals surface area contributed by atoms with Gasteiger partial charge in [0.25, 0.3) is 0 Å². The minimum atomic E-state index is -3.72. The van der Waals surface area contributed by atoms with Gasteiger partial charge < -0.3 is 0 Å². The van der Waals surface area contributed by atoms with Gasteiger partial charge >= 0.3 is 0 Å². The van der Waals surface area contributed by atoms with E-state index < -0.39 is 21.7 Å². The number of benzene rings is 1. The van der Waals surface area contributed by atoms with Gasteiger partial charge in [-0.25, -0.2) is 17.2 Å². The first-order valence-corrected chi connectivity index (χ1v) is 7.47. The quantitative estimate of drug-likeness (QED) is 0.921. The van der Waals surface area contributed by atoms with Gasteiger partial charge in [-0.1, -0.05) is 6.07 Å². The molecule has 0 aliphatic heterocycles. The highest BCUT2D eigenvalue weighted by atomic mass is 32.2. The zero-order valence-electron chi connectivity index (χ0n) is 10.4. The van der Waals surface area contributed by atoms with Crippen LogP contribution >= 0.6 is 0 Å². The van der Waals surface area contributed by atoms with Crippen molar-refractivity contribution in [1.29, 1.82) is 0 Å². The molecule has 1 aromatic heterocycles. The molecule has 106 valence electrons. The monoisotopic (exact) mass is 298 g/mol. The van der Waals surface area contributed by atoms with Crippen molar-refractivity contribution in [2.24, 2.45) is 0 Å². The first-order chi connectivity index (χ1) is 9.46. The molecule has 0 unspecified atom stereocenters. The molecular formula is C13H12F2N2O2S. The molecule has 0 radical (unpaired) electrons. The van der Waals surface area contributed by atoms with E-state index in [0.717, 1.165) is 12.1 Å². The van der Waals surface area contributed by atoms with E-state index in [1.54, 1.807) is 24.4 Å². The van der Waals surface area contributed by atoms with Crippen LogP contribution in [0.25, 0.3) is 0 Å². The van der Waals surface area contributed by atoms with Crippen molar-refractivity contribution in [3.05, 3.63) is 59.9 Å².